The van der Waals surface area contributed by atoms with Gasteiger partial charge in [-0.3, -0.25) is 9.69 Å². The Morgan fingerprint density at radius 1 is 1.07 bits per heavy atom. The number of carbonyl (C=O) groups is 2. The number of hydrogen-bond donors (Lipinski definition) is 1. The van der Waals surface area contributed by atoms with Crippen LogP contribution in [0.5, 0.6) is 11.5 Å². The van der Waals surface area contributed by atoms with Crippen LogP contribution in [-0.2, 0) is 11.4 Å². The third kappa shape index (κ3) is 4.96. The molecular weight excluding hydrogens is 427 g/mol. The van der Waals surface area contributed by atoms with Crippen LogP contribution in [0.2, 0.25) is 10.0 Å². The van der Waals surface area contributed by atoms with E-state index in [0.717, 1.165) is 10.5 Å². The third-order valence-corrected chi connectivity index (χ3v) is 4.97. The van der Waals surface area contributed by atoms with Crippen molar-refractivity contribution in [2.24, 2.45) is 0 Å². The van der Waals surface area contributed by atoms with Crippen LogP contribution in [0.15, 0.2) is 54.8 Å². The van der Waals surface area contributed by atoms with Crippen LogP contribution in [0, 0.1) is 0 Å². The molecule has 0 radical (unpaired) electrons. The molecule has 0 atom stereocenters. The Bertz CT molecular complexity index is 1020. The van der Waals surface area contributed by atoms with Crippen molar-refractivity contribution in [2.75, 3.05) is 13.2 Å². The van der Waals surface area contributed by atoms with Gasteiger partial charge in [-0.1, -0.05) is 41.4 Å². The van der Waals surface area contributed by atoms with Crippen molar-refractivity contribution in [1.29, 1.82) is 0 Å². The molecule has 0 spiro atoms. The standard InChI is InChI=1S/C22H20Cl2N2O4/c1-3-9-26-21(27)18(25-22(26)28)11-14-6-8-19(20(12-14)29-4-2)30-13-15-5-7-16(23)17(24)10-15/h3,5-8,10-12H,1,4,9,13H2,2H3,(H,25,28)/b18-11+. The first-order valence-corrected chi connectivity index (χ1v) is 9.97. The summed E-state index contributed by atoms with van der Waals surface area (Å²) in [6.07, 6.45) is 3.09. The van der Waals surface area contributed by atoms with Crippen molar-refractivity contribution in [2.45, 2.75) is 13.5 Å². The lowest BCUT2D eigenvalue weighted by molar-refractivity contribution is -0.122. The summed E-state index contributed by atoms with van der Waals surface area (Å²) in [5, 5.41) is 3.50. The number of halogens is 2. The zero-order valence-corrected chi connectivity index (χ0v) is 17.8. The van der Waals surface area contributed by atoms with Gasteiger partial charge in [-0.25, -0.2) is 4.79 Å². The van der Waals surface area contributed by atoms with E-state index in [-0.39, 0.29) is 18.8 Å². The van der Waals surface area contributed by atoms with Crippen LogP contribution >= 0.6 is 23.2 Å². The number of nitrogens with zero attached hydrogens (tertiary/aromatic N) is 1. The molecule has 3 amide bonds. The number of hydrogen-bond acceptors (Lipinski definition) is 4. The smallest absolute Gasteiger partial charge is 0.329 e. The molecule has 0 aliphatic carbocycles. The molecule has 1 aliphatic rings. The second-order valence-corrected chi connectivity index (χ2v) is 7.18. The topological polar surface area (TPSA) is 67.9 Å². The lowest BCUT2D eigenvalue weighted by Gasteiger charge is -2.13. The Morgan fingerprint density at radius 3 is 2.57 bits per heavy atom. The number of carbonyl (C=O) groups excluding carboxylic acids is 2. The Morgan fingerprint density at radius 2 is 1.87 bits per heavy atom. The fourth-order valence-corrected chi connectivity index (χ4v) is 3.15. The third-order valence-electron chi connectivity index (χ3n) is 4.23. The van der Waals surface area contributed by atoms with Gasteiger partial charge in [-0.05, 0) is 48.4 Å². The average molecular weight is 447 g/mol. The normalized spacial score (nSPS) is 14.8. The van der Waals surface area contributed by atoms with E-state index in [1.165, 1.54) is 6.08 Å². The molecule has 1 fully saturated rings. The van der Waals surface area contributed by atoms with Gasteiger partial charge in [-0.15, -0.1) is 6.58 Å². The maximum atomic E-state index is 12.3. The van der Waals surface area contributed by atoms with Gasteiger partial charge in [-0.2, -0.15) is 0 Å². The molecule has 30 heavy (non-hydrogen) atoms. The molecule has 2 aromatic carbocycles. The minimum Gasteiger partial charge on any atom is -0.490 e. The van der Waals surface area contributed by atoms with E-state index >= 15 is 0 Å². The zero-order chi connectivity index (χ0) is 21.7. The molecule has 8 heteroatoms. The van der Waals surface area contributed by atoms with E-state index in [1.807, 2.05) is 13.0 Å². The molecule has 0 bridgehead atoms. The Hall–Kier alpha value is -2.96. The monoisotopic (exact) mass is 446 g/mol. The van der Waals surface area contributed by atoms with Crippen LogP contribution in [-0.4, -0.2) is 30.0 Å². The lowest BCUT2D eigenvalue weighted by atomic mass is 10.1. The van der Waals surface area contributed by atoms with E-state index in [2.05, 4.69) is 11.9 Å². The number of nitrogens with one attached hydrogen (secondary N) is 1. The SMILES string of the molecule is C=CCN1C(=O)N/C(=C/c2ccc(OCc3ccc(Cl)c(Cl)c3)c(OCC)c2)C1=O. The fraction of sp³-hybridized carbons (Fsp3) is 0.182. The van der Waals surface area contributed by atoms with Gasteiger partial charge in [0, 0.05) is 6.54 Å². The first kappa shape index (κ1) is 21.7. The summed E-state index contributed by atoms with van der Waals surface area (Å²) in [6, 6.07) is 10.1. The molecule has 0 unspecified atom stereocenters. The summed E-state index contributed by atoms with van der Waals surface area (Å²) in [4.78, 5) is 25.3. The maximum Gasteiger partial charge on any atom is 0.329 e. The number of benzene rings is 2. The molecule has 0 aromatic heterocycles. The molecule has 3 rings (SSSR count). The van der Waals surface area contributed by atoms with Gasteiger partial charge in [0.25, 0.3) is 5.91 Å². The van der Waals surface area contributed by atoms with E-state index < -0.39 is 11.9 Å². The molecule has 2 aromatic rings. The lowest BCUT2D eigenvalue weighted by Crippen LogP contribution is -2.30. The second kappa shape index (κ2) is 9.69. The maximum absolute atomic E-state index is 12.3. The van der Waals surface area contributed by atoms with Crippen LogP contribution in [0.1, 0.15) is 18.1 Å². The Balaban J connectivity index is 1.79. The Kier molecular flexibility index (Phi) is 7.03. The van der Waals surface area contributed by atoms with Crippen molar-refractivity contribution in [3.05, 3.63) is 75.9 Å². The molecule has 1 heterocycles. The summed E-state index contributed by atoms with van der Waals surface area (Å²) in [5.41, 5.74) is 1.73. The predicted octanol–water partition coefficient (Wildman–Crippen LogP) is 5.05. The van der Waals surface area contributed by atoms with Crippen LogP contribution in [0.4, 0.5) is 4.79 Å². The summed E-state index contributed by atoms with van der Waals surface area (Å²) >= 11 is 12.0. The van der Waals surface area contributed by atoms with Crippen LogP contribution in [0.3, 0.4) is 0 Å². The van der Waals surface area contributed by atoms with Gasteiger partial charge in [0.05, 0.1) is 16.7 Å². The van der Waals surface area contributed by atoms with Gasteiger partial charge >= 0.3 is 6.03 Å². The van der Waals surface area contributed by atoms with Crippen LogP contribution < -0.4 is 14.8 Å². The van der Waals surface area contributed by atoms with Crippen molar-refractivity contribution in [3.63, 3.8) is 0 Å². The van der Waals surface area contributed by atoms with E-state index in [4.69, 9.17) is 32.7 Å². The first-order valence-electron chi connectivity index (χ1n) is 9.22. The first-order chi connectivity index (χ1) is 14.4. The van der Waals surface area contributed by atoms with Gasteiger partial charge in [0.1, 0.15) is 12.3 Å². The summed E-state index contributed by atoms with van der Waals surface area (Å²) < 4.78 is 11.6. The summed E-state index contributed by atoms with van der Waals surface area (Å²) in [6.45, 7) is 6.28. The largest absolute Gasteiger partial charge is 0.490 e. The highest BCUT2D eigenvalue weighted by atomic mass is 35.5. The minimum absolute atomic E-state index is 0.147. The van der Waals surface area contributed by atoms with Crippen molar-refractivity contribution < 1.29 is 19.1 Å². The van der Waals surface area contributed by atoms with Crippen molar-refractivity contribution >= 4 is 41.2 Å². The molecule has 1 aliphatic heterocycles. The van der Waals surface area contributed by atoms with E-state index in [9.17, 15) is 9.59 Å². The number of imide groups is 1. The highest BCUT2D eigenvalue weighted by Gasteiger charge is 2.32. The second-order valence-electron chi connectivity index (χ2n) is 6.37. The predicted molar refractivity (Wildman–Crippen MR) is 117 cm³/mol. The molecule has 0 saturated carbocycles. The van der Waals surface area contributed by atoms with Gasteiger partial charge < -0.3 is 14.8 Å². The fourth-order valence-electron chi connectivity index (χ4n) is 2.83. The summed E-state index contributed by atoms with van der Waals surface area (Å²) in [5.74, 6) is 0.657. The molecule has 1 saturated heterocycles. The van der Waals surface area contributed by atoms with Gasteiger partial charge in [0.2, 0.25) is 0 Å². The van der Waals surface area contributed by atoms with Crippen molar-refractivity contribution in [3.8, 4) is 11.5 Å². The van der Waals surface area contributed by atoms with E-state index in [1.54, 1.807) is 36.4 Å². The Labute approximate surface area is 184 Å². The summed E-state index contributed by atoms with van der Waals surface area (Å²) in [7, 11) is 0. The minimum atomic E-state index is -0.474. The average Bonchev–Trinajstić information content (AvgIpc) is 2.98. The van der Waals surface area contributed by atoms with Gasteiger partial charge in [0.15, 0.2) is 11.5 Å². The molecular formula is C22H20Cl2N2O4. The van der Waals surface area contributed by atoms with Crippen LogP contribution in [0.25, 0.3) is 6.08 Å². The quantitative estimate of drug-likeness (QED) is 0.350. The number of rotatable bonds is 8. The van der Waals surface area contributed by atoms with Crippen molar-refractivity contribution in [1.82, 2.24) is 10.2 Å². The molecule has 6 nitrogen and oxygen atoms in total. The number of urea groups is 1. The zero-order valence-electron chi connectivity index (χ0n) is 16.3. The molecule has 156 valence electrons. The number of amides is 3. The van der Waals surface area contributed by atoms with E-state index in [0.29, 0.717) is 33.7 Å². The highest BCUT2D eigenvalue weighted by molar-refractivity contribution is 6.42. The highest BCUT2D eigenvalue weighted by Crippen LogP contribution is 2.31. The number of ether oxygens (including phenoxy) is 2. The molecule has 1 N–H and O–H groups in total.